The van der Waals surface area contributed by atoms with Gasteiger partial charge in [-0.2, -0.15) is 0 Å². The average molecular weight is 313 g/mol. The first-order valence-electron chi connectivity index (χ1n) is 7.42. The van der Waals surface area contributed by atoms with Gasteiger partial charge in [-0.05, 0) is 50.3 Å². The van der Waals surface area contributed by atoms with Gasteiger partial charge in [-0.25, -0.2) is 0 Å². The van der Waals surface area contributed by atoms with Gasteiger partial charge in [-0.1, -0.05) is 0 Å². The van der Waals surface area contributed by atoms with E-state index >= 15 is 0 Å². The number of benzene rings is 1. The van der Waals surface area contributed by atoms with Crippen LogP contribution in [-0.4, -0.2) is 33.6 Å². The van der Waals surface area contributed by atoms with Crippen molar-refractivity contribution in [3.63, 3.8) is 0 Å². The maximum Gasteiger partial charge on any atom is 0.256 e. The van der Waals surface area contributed by atoms with Gasteiger partial charge in [0.25, 0.3) is 5.91 Å². The highest BCUT2D eigenvalue weighted by atomic mass is 16.3. The molecule has 1 aromatic carbocycles. The van der Waals surface area contributed by atoms with E-state index < -0.39 is 12.5 Å². The van der Waals surface area contributed by atoms with Crippen LogP contribution in [-0.2, 0) is 4.79 Å². The highest BCUT2D eigenvalue weighted by Crippen LogP contribution is 2.36. The number of hydrogen-bond donors (Lipinski definition) is 4. The van der Waals surface area contributed by atoms with Crippen molar-refractivity contribution in [1.82, 2.24) is 4.98 Å². The van der Waals surface area contributed by atoms with Crippen molar-refractivity contribution >= 4 is 28.9 Å². The Hall–Kier alpha value is -2.57. The molecule has 120 valence electrons. The fourth-order valence-corrected chi connectivity index (χ4v) is 2.81. The molecule has 0 bridgehead atoms. The van der Waals surface area contributed by atoms with Crippen molar-refractivity contribution in [3.8, 4) is 0 Å². The topological polar surface area (TPSA) is 88.6 Å². The number of H-pyrrole nitrogens is 1. The van der Waals surface area contributed by atoms with E-state index in [-0.39, 0.29) is 5.91 Å². The summed E-state index contributed by atoms with van der Waals surface area (Å²) in [6.07, 6.45) is 1.86. The van der Waals surface area contributed by atoms with E-state index in [9.17, 15) is 15.0 Å². The molecule has 0 spiro atoms. The van der Waals surface area contributed by atoms with Crippen LogP contribution in [0.1, 0.15) is 25.1 Å². The minimum atomic E-state index is -0.853. The molecule has 6 heteroatoms. The number of rotatable bonds is 4. The van der Waals surface area contributed by atoms with Crippen LogP contribution in [0.15, 0.2) is 36.5 Å². The number of nitrogens with zero attached hydrogens (tertiary/aromatic N) is 1. The van der Waals surface area contributed by atoms with E-state index in [4.69, 9.17) is 0 Å². The van der Waals surface area contributed by atoms with Gasteiger partial charge >= 0.3 is 0 Å². The van der Waals surface area contributed by atoms with Crippen LogP contribution in [0.3, 0.4) is 0 Å². The number of aromatic amines is 1. The number of aliphatic hydroxyl groups is 2. The average Bonchev–Trinajstić information content (AvgIpc) is 3.08. The molecule has 0 saturated carbocycles. The van der Waals surface area contributed by atoms with Gasteiger partial charge in [-0.3, -0.25) is 4.79 Å². The van der Waals surface area contributed by atoms with E-state index in [2.05, 4.69) is 10.3 Å². The van der Waals surface area contributed by atoms with Crippen molar-refractivity contribution in [2.24, 2.45) is 0 Å². The second-order valence-corrected chi connectivity index (χ2v) is 5.54. The van der Waals surface area contributed by atoms with Gasteiger partial charge in [0.15, 0.2) is 0 Å². The molecule has 0 radical (unpaired) electrons. The Morgan fingerprint density at radius 1 is 1.17 bits per heavy atom. The molecule has 2 aromatic rings. The lowest BCUT2D eigenvalue weighted by atomic mass is 10.0. The van der Waals surface area contributed by atoms with Gasteiger partial charge in [0.05, 0.1) is 5.57 Å². The summed E-state index contributed by atoms with van der Waals surface area (Å²) in [5, 5.41) is 22.6. The summed E-state index contributed by atoms with van der Waals surface area (Å²) in [5.74, 6) is -0.174. The molecule has 0 fully saturated rings. The van der Waals surface area contributed by atoms with E-state index in [1.807, 2.05) is 12.1 Å². The molecule has 4 N–H and O–H groups in total. The second kappa shape index (κ2) is 5.91. The first kappa shape index (κ1) is 15.3. The standard InChI is InChI=1S/C17H19N3O3/c1-10(21)20(11(2)22)13-5-6-16-14(9-13)15(17(23)19-16)8-12-4-3-7-18-12/h3-11,18,21-22H,1-2H3,(H,19,23). The third-order valence-corrected chi connectivity index (χ3v) is 3.81. The zero-order valence-electron chi connectivity index (χ0n) is 12.9. The van der Waals surface area contributed by atoms with Crippen LogP contribution in [0, 0.1) is 0 Å². The number of anilines is 2. The molecule has 1 amide bonds. The number of nitrogens with one attached hydrogen (secondary N) is 2. The Balaban J connectivity index is 2.05. The fraction of sp³-hybridized carbons (Fsp3) is 0.235. The van der Waals surface area contributed by atoms with Crippen molar-refractivity contribution in [2.75, 3.05) is 10.2 Å². The van der Waals surface area contributed by atoms with Gasteiger partial charge in [0.2, 0.25) is 0 Å². The molecule has 1 aliphatic heterocycles. The Kier molecular flexibility index (Phi) is 3.94. The van der Waals surface area contributed by atoms with Gasteiger partial charge in [-0.15, -0.1) is 0 Å². The largest absolute Gasteiger partial charge is 0.374 e. The predicted octanol–water partition coefficient (Wildman–Crippen LogP) is 1.99. The van der Waals surface area contributed by atoms with Crippen LogP contribution in [0.2, 0.25) is 0 Å². The number of amides is 1. The van der Waals surface area contributed by atoms with E-state index in [1.54, 1.807) is 44.3 Å². The number of carbonyl (C=O) groups excluding carboxylic acids is 1. The number of aromatic nitrogens is 1. The van der Waals surface area contributed by atoms with Crippen molar-refractivity contribution in [1.29, 1.82) is 0 Å². The molecule has 0 aliphatic carbocycles. The van der Waals surface area contributed by atoms with E-state index in [1.165, 1.54) is 4.90 Å². The Bertz CT molecular complexity index is 740. The summed E-state index contributed by atoms with van der Waals surface area (Å²) >= 11 is 0. The molecule has 1 aromatic heterocycles. The number of fused-ring (bicyclic) bond motifs is 1. The normalized spacial score (nSPS) is 17.7. The van der Waals surface area contributed by atoms with Gasteiger partial charge in [0.1, 0.15) is 12.5 Å². The van der Waals surface area contributed by atoms with Crippen LogP contribution < -0.4 is 10.2 Å². The summed E-state index contributed by atoms with van der Waals surface area (Å²) in [6.45, 7) is 3.16. The third kappa shape index (κ3) is 2.86. The highest BCUT2D eigenvalue weighted by Gasteiger charge is 2.26. The van der Waals surface area contributed by atoms with E-state index in [0.717, 1.165) is 11.3 Å². The molecular formula is C17H19N3O3. The molecule has 23 heavy (non-hydrogen) atoms. The minimum absolute atomic E-state index is 0.174. The Morgan fingerprint density at radius 2 is 1.91 bits per heavy atom. The summed E-state index contributed by atoms with van der Waals surface area (Å²) < 4.78 is 0. The van der Waals surface area contributed by atoms with Gasteiger partial charge < -0.3 is 25.4 Å². The summed E-state index contributed by atoms with van der Waals surface area (Å²) in [6, 6.07) is 9.06. The van der Waals surface area contributed by atoms with E-state index in [0.29, 0.717) is 16.9 Å². The monoisotopic (exact) mass is 313 g/mol. The molecule has 3 rings (SSSR count). The SMILES string of the molecule is CC(O)N(c1ccc2c(c1)C(=Cc1ccc[nH]1)C(=O)N2)C(C)O. The second-order valence-electron chi connectivity index (χ2n) is 5.54. The number of hydrogen-bond acceptors (Lipinski definition) is 4. The summed E-state index contributed by atoms with van der Waals surface area (Å²) in [4.78, 5) is 16.7. The Labute approximate surface area is 134 Å². The lowest BCUT2D eigenvalue weighted by Gasteiger charge is -2.30. The Morgan fingerprint density at radius 3 is 2.52 bits per heavy atom. The number of carbonyl (C=O) groups is 1. The molecule has 2 unspecified atom stereocenters. The van der Waals surface area contributed by atoms with Crippen LogP contribution in [0.25, 0.3) is 11.6 Å². The molecule has 2 heterocycles. The first-order valence-corrected chi connectivity index (χ1v) is 7.42. The minimum Gasteiger partial charge on any atom is -0.374 e. The number of aliphatic hydroxyl groups excluding tert-OH is 2. The molecule has 1 aliphatic rings. The van der Waals surface area contributed by atoms with Crippen LogP contribution >= 0.6 is 0 Å². The van der Waals surface area contributed by atoms with Crippen LogP contribution in [0.4, 0.5) is 11.4 Å². The molecular weight excluding hydrogens is 294 g/mol. The molecule has 0 saturated heterocycles. The quantitative estimate of drug-likeness (QED) is 0.513. The lowest BCUT2D eigenvalue weighted by molar-refractivity contribution is -0.110. The van der Waals surface area contributed by atoms with Crippen LogP contribution in [0.5, 0.6) is 0 Å². The third-order valence-electron chi connectivity index (χ3n) is 3.81. The molecule has 2 atom stereocenters. The van der Waals surface area contributed by atoms with Crippen molar-refractivity contribution in [2.45, 2.75) is 26.3 Å². The molecule has 6 nitrogen and oxygen atoms in total. The fourth-order valence-electron chi connectivity index (χ4n) is 2.81. The van der Waals surface area contributed by atoms with Crippen molar-refractivity contribution in [3.05, 3.63) is 47.8 Å². The maximum absolute atomic E-state index is 12.2. The van der Waals surface area contributed by atoms with Crippen molar-refractivity contribution < 1.29 is 15.0 Å². The smallest absolute Gasteiger partial charge is 0.256 e. The maximum atomic E-state index is 12.2. The lowest BCUT2D eigenvalue weighted by Crippen LogP contribution is -2.40. The zero-order valence-corrected chi connectivity index (χ0v) is 12.9. The summed E-state index contributed by atoms with van der Waals surface area (Å²) in [5.41, 5.74) is 3.47. The predicted molar refractivity (Wildman–Crippen MR) is 89.6 cm³/mol. The summed E-state index contributed by atoms with van der Waals surface area (Å²) in [7, 11) is 0. The first-order chi connectivity index (χ1) is 11.0. The highest BCUT2D eigenvalue weighted by molar-refractivity contribution is 6.35. The van der Waals surface area contributed by atoms with Gasteiger partial charge in [0, 0.05) is 28.8 Å². The zero-order chi connectivity index (χ0) is 16.6.